The number of nitrogens with one attached hydrogen (secondary N) is 1. The fourth-order valence-electron chi connectivity index (χ4n) is 1.62. The zero-order valence-corrected chi connectivity index (χ0v) is 12.3. The van der Waals surface area contributed by atoms with Gasteiger partial charge in [-0.15, -0.1) is 0 Å². The van der Waals surface area contributed by atoms with E-state index in [9.17, 15) is 8.78 Å². The third kappa shape index (κ3) is 5.14. The standard InChI is InChI=1S/C13H14F2N4OS/c1-8-5-9(2)18-13(17-8)19-16-6-10-3-4-11(20-10)7-21-12(14)15/h3-6,12H,7H2,1-2H3,(H,17,18,19)/b16-6-. The Hall–Kier alpha value is -1.96. The van der Waals surface area contributed by atoms with Gasteiger partial charge in [-0.05, 0) is 32.0 Å². The van der Waals surface area contributed by atoms with Gasteiger partial charge in [-0.25, -0.2) is 15.4 Å². The number of thioether (sulfide) groups is 1. The molecule has 0 amide bonds. The van der Waals surface area contributed by atoms with E-state index in [1.165, 1.54) is 6.21 Å². The van der Waals surface area contributed by atoms with Gasteiger partial charge in [0.15, 0.2) is 0 Å². The molecule has 0 fully saturated rings. The highest BCUT2D eigenvalue weighted by Crippen LogP contribution is 2.20. The fraction of sp³-hybridized carbons (Fsp3) is 0.308. The van der Waals surface area contributed by atoms with Gasteiger partial charge < -0.3 is 4.42 Å². The number of anilines is 1. The first-order valence-electron chi connectivity index (χ1n) is 6.13. The lowest BCUT2D eigenvalue weighted by Crippen LogP contribution is -1.99. The Bertz CT molecular complexity index is 610. The molecule has 0 atom stereocenters. The zero-order chi connectivity index (χ0) is 15.2. The van der Waals surface area contributed by atoms with Crippen molar-refractivity contribution in [1.29, 1.82) is 0 Å². The summed E-state index contributed by atoms with van der Waals surface area (Å²) >= 11 is 0.514. The first-order valence-corrected chi connectivity index (χ1v) is 7.17. The molecule has 0 bridgehead atoms. The lowest BCUT2D eigenvalue weighted by atomic mass is 10.4. The summed E-state index contributed by atoms with van der Waals surface area (Å²) in [6, 6.07) is 5.16. The highest BCUT2D eigenvalue weighted by Gasteiger charge is 2.06. The molecule has 112 valence electrons. The molecule has 0 unspecified atom stereocenters. The number of rotatable bonds is 6. The minimum atomic E-state index is -2.41. The average molecular weight is 312 g/mol. The molecule has 0 aromatic carbocycles. The van der Waals surface area contributed by atoms with Crippen LogP contribution in [0.3, 0.4) is 0 Å². The molecule has 2 aromatic heterocycles. The molecule has 0 saturated heterocycles. The van der Waals surface area contributed by atoms with Crippen LogP contribution in [0.1, 0.15) is 22.9 Å². The normalized spacial score (nSPS) is 11.5. The molecule has 0 aliphatic rings. The minimum Gasteiger partial charge on any atom is -0.459 e. The van der Waals surface area contributed by atoms with E-state index in [-0.39, 0.29) is 5.75 Å². The van der Waals surface area contributed by atoms with Crippen LogP contribution in [-0.2, 0) is 5.75 Å². The molecule has 8 heteroatoms. The largest absolute Gasteiger partial charge is 0.459 e. The van der Waals surface area contributed by atoms with Crippen molar-refractivity contribution in [2.24, 2.45) is 5.10 Å². The van der Waals surface area contributed by atoms with E-state index in [4.69, 9.17) is 4.42 Å². The maximum atomic E-state index is 12.1. The van der Waals surface area contributed by atoms with Crippen molar-refractivity contribution in [2.45, 2.75) is 25.4 Å². The summed E-state index contributed by atoms with van der Waals surface area (Å²) in [5, 5.41) is 3.95. The predicted octanol–water partition coefficient (Wildman–Crippen LogP) is 3.59. The smallest absolute Gasteiger partial charge is 0.284 e. The summed E-state index contributed by atoms with van der Waals surface area (Å²) in [4.78, 5) is 8.33. The number of halogens is 2. The van der Waals surface area contributed by atoms with Crippen molar-refractivity contribution in [1.82, 2.24) is 9.97 Å². The number of aryl methyl sites for hydroxylation is 2. The van der Waals surface area contributed by atoms with Crippen LogP contribution in [0.4, 0.5) is 14.7 Å². The van der Waals surface area contributed by atoms with Gasteiger partial charge in [0, 0.05) is 11.4 Å². The number of nitrogens with zero attached hydrogens (tertiary/aromatic N) is 3. The number of alkyl halides is 2. The van der Waals surface area contributed by atoms with Crippen molar-refractivity contribution in [3.8, 4) is 0 Å². The topological polar surface area (TPSA) is 63.3 Å². The Morgan fingerprint density at radius 3 is 2.71 bits per heavy atom. The first kappa shape index (κ1) is 15.4. The highest BCUT2D eigenvalue weighted by atomic mass is 32.2. The van der Waals surface area contributed by atoms with Gasteiger partial charge in [0.25, 0.3) is 5.76 Å². The molecule has 2 heterocycles. The highest BCUT2D eigenvalue weighted by molar-refractivity contribution is 7.98. The first-order chi connectivity index (χ1) is 10.0. The Morgan fingerprint density at radius 1 is 1.33 bits per heavy atom. The van der Waals surface area contributed by atoms with Crippen LogP contribution in [0.5, 0.6) is 0 Å². The second kappa shape index (κ2) is 7.16. The summed E-state index contributed by atoms with van der Waals surface area (Å²) in [5.41, 5.74) is 4.37. The minimum absolute atomic E-state index is 0.124. The Kier molecular flexibility index (Phi) is 5.26. The number of hydrogen-bond acceptors (Lipinski definition) is 6. The van der Waals surface area contributed by atoms with E-state index in [0.717, 1.165) is 11.4 Å². The molecule has 0 aliphatic carbocycles. The monoisotopic (exact) mass is 312 g/mol. The zero-order valence-electron chi connectivity index (χ0n) is 11.5. The molecule has 21 heavy (non-hydrogen) atoms. The number of furan rings is 1. The van der Waals surface area contributed by atoms with Crippen LogP contribution >= 0.6 is 11.8 Å². The third-order valence-corrected chi connectivity index (χ3v) is 3.08. The van der Waals surface area contributed by atoms with Gasteiger partial charge >= 0.3 is 0 Å². The van der Waals surface area contributed by atoms with Crippen LogP contribution < -0.4 is 5.43 Å². The molecule has 0 saturated carbocycles. The SMILES string of the molecule is Cc1cc(C)nc(N/N=C\c2ccc(CSC(F)F)o2)n1. The van der Waals surface area contributed by atoms with Gasteiger partial charge in [0.05, 0.1) is 12.0 Å². The van der Waals surface area contributed by atoms with E-state index in [1.54, 1.807) is 12.1 Å². The third-order valence-electron chi connectivity index (χ3n) is 2.37. The molecule has 0 radical (unpaired) electrons. The molecule has 0 spiro atoms. The van der Waals surface area contributed by atoms with Crippen molar-refractivity contribution in [3.63, 3.8) is 0 Å². The van der Waals surface area contributed by atoms with Gasteiger partial charge in [-0.3, -0.25) is 0 Å². The van der Waals surface area contributed by atoms with E-state index in [1.807, 2.05) is 19.9 Å². The number of hydrogen-bond donors (Lipinski definition) is 1. The number of aromatic nitrogens is 2. The van der Waals surface area contributed by atoms with Crippen LogP contribution in [0.15, 0.2) is 27.7 Å². The molecule has 1 N–H and O–H groups in total. The van der Waals surface area contributed by atoms with Crippen molar-refractivity contribution < 1.29 is 13.2 Å². The van der Waals surface area contributed by atoms with Crippen molar-refractivity contribution >= 4 is 23.9 Å². The second-order valence-corrected chi connectivity index (χ2v) is 5.20. The summed E-state index contributed by atoms with van der Waals surface area (Å²) in [5.74, 6) is -0.945. The maximum absolute atomic E-state index is 12.1. The van der Waals surface area contributed by atoms with Gasteiger partial charge in [-0.2, -0.15) is 13.9 Å². The van der Waals surface area contributed by atoms with Crippen LogP contribution in [0.2, 0.25) is 0 Å². The summed E-state index contributed by atoms with van der Waals surface area (Å²) in [6.45, 7) is 3.73. The van der Waals surface area contributed by atoms with Crippen molar-refractivity contribution in [3.05, 3.63) is 41.1 Å². The van der Waals surface area contributed by atoms with Gasteiger partial charge in [0.1, 0.15) is 11.5 Å². The summed E-state index contributed by atoms with van der Waals surface area (Å²) in [6.07, 6.45) is 1.44. The molecule has 5 nitrogen and oxygen atoms in total. The van der Waals surface area contributed by atoms with Crippen LogP contribution in [-0.4, -0.2) is 21.9 Å². The molecule has 2 aromatic rings. The summed E-state index contributed by atoms with van der Waals surface area (Å²) in [7, 11) is 0. The fourth-order valence-corrected chi connectivity index (χ4v) is 2.06. The van der Waals surface area contributed by atoms with E-state index in [2.05, 4.69) is 20.5 Å². The lowest BCUT2D eigenvalue weighted by Gasteiger charge is -2.00. The van der Waals surface area contributed by atoms with E-state index < -0.39 is 5.76 Å². The van der Waals surface area contributed by atoms with E-state index >= 15 is 0 Å². The molecule has 2 rings (SSSR count). The second-order valence-electron chi connectivity index (χ2n) is 4.22. The Balaban J connectivity index is 1.92. The molecule has 0 aliphatic heterocycles. The Labute approximate surface area is 124 Å². The molecular formula is C13H14F2N4OS. The Morgan fingerprint density at radius 2 is 2.05 bits per heavy atom. The average Bonchev–Trinajstić information content (AvgIpc) is 2.83. The van der Waals surface area contributed by atoms with Crippen molar-refractivity contribution in [2.75, 3.05) is 5.43 Å². The van der Waals surface area contributed by atoms with Gasteiger partial charge in [0.2, 0.25) is 5.95 Å². The van der Waals surface area contributed by atoms with E-state index in [0.29, 0.717) is 29.2 Å². The molecular weight excluding hydrogens is 298 g/mol. The lowest BCUT2D eigenvalue weighted by molar-refractivity contribution is 0.251. The van der Waals surface area contributed by atoms with Crippen LogP contribution in [0.25, 0.3) is 0 Å². The van der Waals surface area contributed by atoms with Crippen LogP contribution in [0, 0.1) is 13.8 Å². The predicted molar refractivity (Wildman–Crippen MR) is 78.7 cm³/mol. The summed E-state index contributed by atoms with van der Waals surface area (Å²) < 4.78 is 29.4. The quantitative estimate of drug-likeness (QED) is 0.652. The van der Waals surface area contributed by atoms with Gasteiger partial charge in [-0.1, -0.05) is 11.8 Å². The maximum Gasteiger partial charge on any atom is 0.284 e. The number of hydrazone groups is 1.